The first-order chi connectivity index (χ1) is 8.54. The van der Waals surface area contributed by atoms with Crippen LogP contribution in [0.1, 0.15) is 12.5 Å². The van der Waals surface area contributed by atoms with Crippen LogP contribution in [0.4, 0.5) is 5.69 Å². The van der Waals surface area contributed by atoms with E-state index in [2.05, 4.69) is 21.2 Å². The highest BCUT2D eigenvalue weighted by Gasteiger charge is 2.34. The molecule has 2 N–H and O–H groups in total. The Bertz CT molecular complexity index is 464. The van der Waals surface area contributed by atoms with Gasteiger partial charge in [-0.1, -0.05) is 15.9 Å². The standard InChI is InChI=1S/C13H17BrN2O2/c1-8-5-10(14)3-4-11(8)16-9(2)6-15-13(18)12(16)7-17/h3-5,9,12,17H,6-7H2,1-2H3,(H,15,18). The lowest BCUT2D eigenvalue weighted by Crippen LogP contribution is -2.61. The summed E-state index contributed by atoms with van der Waals surface area (Å²) >= 11 is 3.43. The third kappa shape index (κ3) is 2.37. The number of aliphatic hydroxyl groups excluding tert-OH is 1. The molecule has 1 saturated heterocycles. The van der Waals surface area contributed by atoms with Gasteiger partial charge in [0.15, 0.2) is 0 Å². The van der Waals surface area contributed by atoms with Crippen molar-refractivity contribution >= 4 is 27.5 Å². The first-order valence-electron chi connectivity index (χ1n) is 5.97. The van der Waals surface area contributed by atoms with E-state index in [-0.39, 0.29) is 18.6 Å². The van der Waals surface area contributed by atoms with E-state index in [1.54, 1.807) is 0 Å². The molecule has 18 heavy (non-hydrogen) atoms. The van der Waals surface area contributed by atoms with Gasteiger partial charge in [0.05, 0.1) is 6.61 Å². The zero-order valence-electron chi connectivity index (χ0n) is 10.5. The largest absolute Gasteiger partial charge is 0.394 e. The van der Waals surface area contributed by atoms with E-state index < -0.39 is 6.04 Å². The number of halogens is 1. The highest BCUT2D eigenvalue weighted by Crippen LogP contribution is 2.28. The zero-order chi connectivity index (χ0) is 13.3. The van der Waals surface area contributed by atoms with Gasteiger partial charge >= 0.3 is 0 Å². The first kappa shape index (κ1) is 13.4. The molecule has 1 heterocycles. The van der Waals surface area contributed by atoms with Crippen molar-refractivity contribution in [3.63, 3.8) is 0 Å². The molecule has 1 aromatic carbocycles. The van der Waals surface area contributed by atoms with E-state index in [0.29, 0.717) is 6.54 Å². The first-order valence-corrected chi connectivity index (χ1v) is 6.77. The third-order valence-electron chi connectivity index (χ3n) is 3.29. The quantitative estimate of drug-likeness (QED) is 0.869. The fourth-order valence-electron chi connectivity index (χ4n) is 2.38. The number of aryl methyl sites for hydroxylation is 1. The fraction of sp³-hybridized carbons (Fsp3) is 0.462. The molecule has 1 aromatic rings. The smallest absolute Gasteiger partial charge is 0.245 e. The van der Waals surface area contributed by atoms with Crippen molar-refractivity contribution in [1.82, 2.24) is 5.32 Å². The number of carbonyl (C=O) groups excluding carboxylic acids is 1. The average molecular weight is 313 g/mol. The van der Waals surface area contributed by atoms with E-state index in [4.69, 9.17) is 0 Å². The summed E-state index contributed by atoms with van der Waals surface area (Å²) in [5.41, 5.74) is 2.09. The van der Waals surface area contributed by atoms with Crippen LogP contribution in [0.5, 0.6) is 0 Å². The molecule has 1 fully saturated rings. The summed E-state index contributed by atoms with van der Waals surface area (Å²) in [6, 6.07) is 5.62. The molecule has 1 aliphatic heterocycles. The second kappa shape index (κ2) is 5.28. The number of amides is 1. The Kier molecular flexibility index (Phi) is 3.92. The molecule has 2 rings (SSSR count). The molecular formula is C13H17BrN2O2. The summed E-state index contributed by atoms with van der Waals surface area (Å²) in [5.74, 6) is -0.113. The lowest BCUT2D eigenvalue weighted by molar-refractivity contribution is -0.124. The predicted molar refractivity (Wildman–Crippen MR) is 74.7 cm³/mol. The summed E-state index contributed by atoms with van der Waals surface area (Å²) in [7, 11) is 0. The van der Waals surface area contributed by atoms with Crippen molar-refractivity contribution in [3.8, 4) is 0 Å². The van der Waals surface area contributed by atoms with Crippen molar-refractivity contribution < 1.29 is 9.90 Å². The van der Waals surface area contributed by atoms with Crippen LogP contribution in [0.3, 0.4) is 0 Å². The summed E-state index contributed by atoms with van der Waals surface area (Å²) < 4.78 is 1.01. The number of hydrogen-bond donors (Lipinski definition) is 2. The molecule has 1 aliphatic rings. The van der Waals surface area contributed by atoms with Crippen LogP contribution < -0.4 is 10.2 Å². The Balaban J connectivity index is 2.41. The molecule has 4 nitrogen and oxygen atoms in total. The second-order valence-corrected chi connectivity index (χ2v) is 5.55. The monoisotopic (exact) mass is 312 g/mol. The predicted octanol–water partition coefficient (Wildman–Crippen LogP) is 1.44. The summed E-state index contributed by atoms with van der Waals surface area (Å²) in [6.45, 7) is 4.48. The number of aliphatic hydroxyl groups is 1. The van der Waals surface area contributed by atoms with Crippen molar-refractivity contribution in [2.24, 2.45) is 0 Å². The normalized spacial score (nSPS) is 24.0. The molecule has 0 aromatic heterocycles. The Morgan fingerprint density at radius 2 is 2.28 bits per heavy atom. The lowest BCUT2D eigenvalue weighted by atomic mass is 10.0. The SMILES string of the molecule is Cc1cc(Br)ccc1N1C(C)CNC(=O)C1CO. The summed E-state index contributed by atoms with van der Waals surface area (Å²) in [5, 5.41) is 12.3. The third-order valence-corrected chi connectivity index (χ3v) is 3.79. The number of nitrogens with one attached hydrogen (secondary N) is 1. The van der Waals surface area contributed by atoms with Crippen LogP contribution in [0.25, 0.3) is 0 Å². The van der Waals surface area contributed by atoms with E-state index in [1.807, 2.05) is 36.9 Å². The van der Waals surface area contributed by atoms with Crippen molar-refractivity contribution in [2.75, 3.05) is 18.1 Å². The summed E-state index contributed by atoms with van der Waals surface area (Å²) in [4.78, 5) is 13.8. The zero-order valence-corrected chi connectivity index (χ0v) is 12.1. The van der Waals surface area contributed by atoms with Gasteiger partial charge in [0.25, 0.3) is 0 Å². The Morgan fingerprint density at radius 1 is 1.56 bits per heavy atom. The molecule has 2 unspecified atom stereocenters. The van der Waals surface area contributed by atoms with E-state index in [9.17, 15) is 9.90 Å². The molecule has 2 atom stereocenters. The molecule has 0 aliphatic carbocycles. The maximum Gasteiger partial charge on any atom is 0.245 e. The molecule has 0 radical (unpaired) electrons. The second-order valence-electron chi connectivity index (χ2n) is 4.63. The highest BCUT2D eigenvalue weighted by molar-refractivity contribution is 9.10. The van der Waals surface area contributed by atoms with Gasteiger partial charge < -0.3 is 15.3 Å². The van der Waals surface area contributed by atoms with Gasteiger partial charge in [-0.05, 0) is 37.6 Å². The van der Waals surface area contributed by atoms with Gasteiger partial charge in [-0.2, -0.15) is 0 Å². The number of piperazine rings is 1. The Morgan fingerprint density at radius 3 is 2.89 bits per heavy atom. The van der Waals surface area contributed by atoms with Gasteiger partial charge in [0.2, 0.25) is 5.91 Å². The minimum atomic E-state index is -0.506. The van der Waals surface area contributed by atoms with Crippen LogP contribution in [0.2, 0.25) is 0 Å². The number of anilines is 1. The molecule has 0 bridgehead atoms. The number of nitrogens with zero attached hydrogens (tertiary/aromatic N) is 1. The summed E-state index contributed by atoms with van der Waals surface area (Å²) in [6.07, 6.45) is 0. The van der Waals surface area contributed by atoms with Gasteiger partial charge in [-0.15, -0.1) is 0 Å². The van der Waals surface area contributed by atoms with E-state index >= 15 is 0 Å². The van der Waals surface area contributed by atoms with Gasteiger partial charge in [-0.3, -0.25) is 4.79 Å². The van der Waals surface area contributed by atoms with Crippen LogP contribution in [-0.2, 0) is 4.79 Å². The van der Waals surface area contributed by atoms with Crippen molar-refractivity contribution in [3.05, 3.63) is 28.2 Å². The number of rotatable bonds is 2. The minimum Gasteiger partial charge on any atom is -0.394 e. The van der Waals surface area contributed by atoms with Crippen LogP contribution in [0.15, 0.2) is 22.7 Å². The minimum absolute atomic E-state index is 0.113. The van der Waals surface area contributed by atoms with Crippen molar-refractivity contribution in [2.45, 2.75) is 25.9 Å². The maximum atomic E-state index is 11.8. The lowest BCUT2D eigenvalue weighted by Gasteiger charge is -2.41. The number of hydrogen-bond acceptors (Lipinski definition) is 3. The Hall–Kier alpha value is -1.07. The molecule has 1 amide bonds. The molecule has 98 valence electrons. The average Bonchev–Trinajstić information content (AvgIpc) is 2.33. The van der Waals surface area contributed by atoms with Gasteiger partial charge in [-0.25, -0.2) is 0 Å². The van der Waals surface area contributed by atoms with Crippen LogP contribution in [-0.4, -0.2) is 36.2 Å². The van der Waals surface area contributed by atoms with Crippen LogP contribution >= 0.6 is 15.9 Å². The van der Waals surface area contributed by atoms with Gasteiger partial charge in [0.1, 0.15) is 6.04 Å². The Labute approximate surface area is 115 Å². The fourth-order valence-corrected chi connectivity index (χ4v) is 2.86. The van der Waals surface area contributed by atoms with E-state index in [1.165, 1.54) is 0 Å². The molecule has 5 heteroatoms. The van der Waals surface area contributed by atoms with Gasteiger partial charge in [0, 0.05) is 22.7 Å². The molecular weight excluding hydrogens is 296 g/mol. The highest BCUT2D eigenvalue weighted by atomic mass is 79.9. The number of benzene rings is 1. The molecule has 0 saturated carbocycles. The molecule has 0 spiro atoms. The topological polar surface area (TPSA) is 52.6 Å². The van der Waals surface area contributed by atoms with Crippen LogP contribution in [0, 0.1) is 6.92 Å². The number of carbonyl (C=O) groups is 1. The maximum absolute atomic E-state index is 11.8. The van der Waals surface area contributed by atoms with E-state index in [0.717, 1.165) is 15.7 Å². The van der Waals surface area contributed by atoms with Crippen molar-refractivity contribution in [1.29, 1.82) is 0 Å².